The van der Waals surface area contributed by atoms with Gasteiger partial charge in [0, 0.05) is 44.6 Å². The number of aliphatic imine (C=N–C) groups is 1. The number of hydrogen-bond acceptors (Lipinski definition) is 3. The van der Waals surface area contributed by atoms with Crippen molar-refractivity contribution in [1.82, 2.24) is 20.4 Å². The first-order valence-corrected chi connectivity index (χ1v) is 9.01. The first kappa shape index (κ1) is 17.3. The summed E-state index contributed by atoms with van der Waals surface area (Å²) in [5, 5.41) is 10.9. The minimum Gasteiger partial charge on any atom is -0.490 e. The molecule has 2 N–H and O–H groups in total. The van der Waals surface area contributed by atoms with E-state index in [1.807, 2.05) is 29.1 Å². The molecule has 1 aliphatic rings. The highest BCUT2D eigenvalue weighted by atomic mass is 16.5. The van der Waals surface area contributed by atoms with Gasteiger partial charge in [-0.3, -0.25) is 9.67 Å². The average Bonchev–Trinajstić information content (AvgIpc) is 3.12. The molecule has 1 heterocycles. The third-order valence-electron chi connectivity index (χ3n) is 4.40. The van der Waals surface area contributed by atoms with E-state index in [2.05, 4.69) is 32.9 Å². The lowest BCUT2D eigenvalue weighted by Crippen LogP contribution is -2.37. The maximum Gasteiger partial charge on any atom is 0.191 e. The fraction of sp³-hybridized carbons (Fsp3) is 0.474. The second kappa shape index (κ2) is 9.11. The molecule has 1 fully saturated rings. The monoisotopic (exact) mass is 341 g/mol. The lowest BCUT2D eigenvalue weighted by atomic mass is 9.96. The van der Waals surface area contributed by atoms with Gasteiger partial charge in [0.15, 0.2) is 5.96 Å². The standard InChI is InChI=1S/C19H27N5O/c1-20-19(21-11-5-13-24-14-6-12-23-24)22-15-16-7-2-3-10-18(16)25-17-8-4-9-17/h2-3,6-7,10,12,14,17H,4-5,8-9,11,13,15H2,1H3,(H2,20,21,22). The van der Waals surface area contributed by atoms with Crippen molar-refractivity contribution in [1.29, 1.82) is 0 Å². The Balaban J connectivity index is 1.43. The Kier molecular flexibility index (Phi) is 6.31. The van der Waals surface area contributed by atoms with E-state index >= 15 is 0 Å². The van der Waals surface area contributed by atoms with Crippen molar-refractivity contribution in [3.05, 3.63) is 48.3 Å². The van der Waals surface area contributed by atoms with Crippen molar-refractivity contribution in [2.45, 2.75) is 44.9 Å². The van der Waals surface area contributed by atoms with E-state index in [1.165, 1.54) is 19.3 Å². The zero-order valence-electron chi connectivity index (χ0n) is 14.8. The normalized spacial score (nSPS) is 14.8. The Morgan fingerprint density at radius 1 is 1.28 bits per heavy atom. The van der Waals surface area contributed by atoms with E-state index in [9.17, 15) is 0 Å². The van der Waals surface area contributed by atoms with Crippen molar-refractivity contribution in [2.75, 3.05) is 13.6 Å². The summed E-state index contributed by atoms with van der Waals surface area (Å²) in [4.78, 5) is 4.29. The lowest BCUT2D eigenvalue weighted by molar-refractivity contribution is 0.119. The van der Waals surface area contributed by atoms with Crippen LogP contribution in [0.25, 0.3) is 0 Å². The summed E-state index contributed by atoms with van der Waals surface area (Å²) in [6.45, 7) is 2.44. The molecule has 2 aromatic rings. The Morgan fingerprint density at radius 2 is 2.16 bits per heavy atom. The smallest absolute Gasteiger partial charge is 0.191 e. The maximum atomic E-state index is 6.08. The molecule has 0 bridgehead atoms. The van der Waals surface area contributed by atoms with Gasteiger partial charge >= 0.3 is 0 Å². The van der Waals surface area contributed by atoms with E-state index in [0.717, 1.165) is 36.8 Å². The molecule has 6 nitrogen and oxygen atoms in total. The molecule has 0 spiro atoms. The fourth-order valence-electron chi connectivity index (χ4n) is 2.71. The Hall–Kier alpha value is -2.50. The molecule has 25 heavy (non-hydrogen) atoms. The van der Waals surface area contributed by atoms with Crippen LogP contribution in [0.2, 0.25) is 0 Å². The number of para-hydroxylation sites is 1. The van der Waals surface area contributed by atoms with Gasteiger partial charge in [-0.25, -0.2) is 0 Å². The number of nitrogens with one attached hydrogen (secondary N) is 2. The van der Waals surface area contributed by atoms with Crippen LogP contribution >= 0.6 is 0 Å². The van der Waals surface area contributed by atoms with Crippen LogP contribution in [0.4, 0.5) is 0 Å². The zero-order valence-corrected chi connectivity index (χ0v) is 14.8. The third kappa shape index (κ3) is 5.24. The molecule has 0 radical (unpaired) electrons. The number of rotatable bonds is 8. The number of hydrogen-bond donors (Lipinski definition) is 2. The molecule has 1 aromatic carbocycles. The second-order valence-electron chi connectivity index (χ2n) is 6.25. The van der Waals surface area contributed by atoms with Gasteiger partial charge in [-0.1, -0.05) is 18.2 Å². The van der Waals surface area contributed by atoms with Gasteiger partial charge in [0.05, 0.1) is 6.10 Å². The summed E-state index contributed by atoms with van der Waals surface area (Å²) in [6, 6.07) is 10.2. The molecular formula is C19H27N5O. The molecule has 134 valence electrons. The van der Waals surface area contributed by atoms with Gasteiger partial charge in [-0.15, -0.1) is 0 Å². The summed E-state index contributed by atoms with van der Waals surface area (Å²) in [5.74, 6) is 1.78. The highest BCUT2D eigenvalue weighted by Crippen LogP contribution is 2.27. The first-order valence-electron chi connectivity index (χ1n) is 9.01. The van der Waals surface area contributed by atoms with Gasteiger partial charge in [0.25, 0.3) is 0 Å². The number of aromatic nitrogens is 2. The third-order valence-corrected chi connectivity index (χ3v) is 4.40. The number of guanidine groups is 1. The summed E-state index contributed by atoms with van der Waals surface area (Å²) in [7, 11) is 1.79. The molecule has 1 aliphatic carbocycles. The Bertz CT molecular complexity index is 664. The van der Waals surface area contributed by atoms with Gasteiger partial charge in [-0.2, -0.15) is 5.10 Å². The lowest BCUT2D eigenvalue weighted by Gasteiger charge is -2.27. The first-order chi connectivity index (χ1) is 12.3. The SMILES string of the molecule is CN=C(NCCCn1cccn1)NCc1ccccc1OC1CCC1. The van der Waals surface area contributed by atoms with Gasteiger partial charge in [0.1, 0.15) is 5.75 Å². The molecule has 6 heteroatoms. The van der Waals surface area contributed by atoms with Gasteiger partial charge in [-0.05, 0) is 37.8 Å². The maximum absolute atomic E-state index is 6.08. The molecule has 0 atom stereocenters. The van der Waals surface area contributed by atoms with Crippen LogP contribution < -0.4 is 15.4 Å². The fourth-order valence-corrected chi connectivity index (χ4v) is 2.71. The summed E-state index contributed by atoms with van der Waals surface area (Å²) in [5.41, 5.74) is 1.16. The van der Waals surface area contributed by atoms with E-state index < -0.39 is 0 Å². The topological polar surface area (TPSA) is 63.5 Å². The molecule has 3 rings (SSSR count). The molecule has 1 saturated carbocycles. The van der Waals surface area contributed by atoms with Crippen LogP contribution in [-0.2, 0) is 13.1 Å². The van der Waals surface area contributed by atoms with Crippen molar-refractivity contribution in [3.8, 4) is 5.75 Å². The molecule has 0 aliphatic heterocycles. The van der Waals surface area contributed by atoms with Crippen LogP contribution in [0.1, 0.15) is 31.2 Å². The highest BCUT2D eigenvalue weighted by Gasteiger charge is 2.20. The average molecular weight is 341 g/mol. The van der Waals surface area contributed by atoms with E-state index in [4.69, 9.17) is 4.74 Å². The predicted octanol–water partition coefficient (Wildman–Crippen LogP) is 2.57. The number of nitrogens with zero attached hydrogens (tertiary/aromatic N) is 3. The van der Waals surface area contributed by atoms with Crippen LogP contribution in [0, 0.1) is 0 Å². The molecule has 1 aromatic heterocycles. The van der Waals surface area contributed by atoms with Crippen LogP contribution in [0.3, 0.4) is 0 Å². The van der Waals surface area contributed by atoms with E-state index in [0.29, 0.717) is 12.6 Å². The van der Waals surface area contributed by atoms with E-state index in [1.54, 1.807) is 13.2 Å². The highest BCUT2D eigenvalue weighted by molar-refractivity contribution is 5.79. The van der Waals surface area contributed by atoms with E-state index in [-0.39, 0.29) is 0 Å². The summed E-state index contributed by atoms with van der Waals surface area (Å²) >= 11 is 0. The van der Waals surface area contributed by atoms with Gasteiger partial charge in [0.2, 0.25) is 0 Å². The summed E-state index contributed by atoms with van der Waals surface area (Å²) in [6.07, 6.45) is 8.77. The van der Waals surface area contributed by atoms with Crippen molar-refractivity contribution in [2.24, 2.45) is 4.99 Å². The molecule has 0 saturated heterocycles. The minimum atomic E-state index is 0.390. The number of aryl methyl sites for hydroxylation is 1. The van der Waals surface area contributed by atoms with Crippen molar-refractivity contribution >= 4 is 5.96 Å². The zero-order chi connectivity index (χ0) is 17.3. The summed E-state index contributed by atoms with van der Waals surface area (Å²) < 4.78 is 8.01. The minimum absolute atomic E-state index is 0.390. The van der Waals surface area contributed by atoms with Crippen molar-refractivity contribution < 1.29 is 4.74 Å². The van der Waals surface area contributed by atoms with Crippen LogP contribution in [0.5, 0.6) is 5.75 Å². The quantitative estimate of drug-likeness (QED) is 0.440. The van der Waals surface area contributed by atoms with Crippen molar-refractivity contribution in [3.63, 3.8) is 0 Å². The largest absolute Gasteiger partial charge is 0.490 e. The number of benzene rings is 1. The molecular weight excluding hydrogens is 314 g/mol. The predicted molar refractivity (Wildman–Crippen MR) is 99.8 cm³/mol. The van der Waals surface area contributed by atoms with Crippen LogP contribution in [-0.4, -0.2) is 35.4 Å². The Labute approximate surface area is 149 Å². The number of ether oxygens (including phenoxy) is 1. The van der Waals surface area contributed by atoms with Gasteiger partial charge < -0.3 is 15.4 Å². The Morgan fingerprint density at radius 3 is 2.88 bits per heavy atom. The van der Waals surface area contributed by atoms with Crippen LogP contribution in [0.15, 0.2) is 47.7 Å². The molecule has 0 amide bonds. The molecule has 0 unspecified atom stereocenters. The second-order valence-corrected chi connectivity index (χ2v) is 6.25.